The third-order valence-corrected chi connectivity index (χ3v) is 25.6. The van der Waals surface area contributed by atoms with E-state index in [1.807, 2.05) is 20.8 Å². The molecule has 1 aliphatic rings. The molecule has 0 aliphatic carbocycles. The molecule has 0 saturated carbocycles. The summed E-state index contributed by atoms with van der Waals surface area (Å²) in [6.07, 6.45) is 12.4. The maximum Gasteiger partial charge on any atom is 0.338 e. The smallest absolute Gasteiger partial charge is 0.338 e. The lowest BCUT2D eigenvalue weighted by atomic mass is 9.95. The molecule has 1 fully saturated rings. The van der Waals surface area contributed by atoms with Gasteiger partial charge in [0.2, 0.25) is 0 Å². The van der Waals surface area contributed by atoms with Crippen LogP contribution in [-0.4, -0.2) is 80.8 Å². The van der Waals surface area contributed by atoms with E-state index in [4.69, 9.17) is 27.6 Å². The first-order valence-electron chi connectivity index (χ1n) is 24.4. The van der Waals surface area contributed by atoms with Crippen molar-refractivity contribution in [1.29, 1.82) is 0 Å². The van der Waals surface area contributed by atoms with E-state index in [1.165, 1.54) is 15.9 Å². The van der Waals surface area contributed by atoms with Crippen LogP contribution in [0.5, 0.6) is 0 Å². The van der Waals surface area contributed by atoms with E-state index in [0.29, 0.717) is 27.4 Å². The molecule has 0 bridgehead atoms. The van der Waals surface area contributed by atoms with Crippen LogP contribution in [0, 0.1) is 12.8 Å². The van der Waals surface area contributed by atoms with Crippen molar-refractivity contribution in [3.8, 4) is 0 Å². The molecule has 4 rings (SSSR count). The summed E-state index contributed by atoms with van der Waals surface area (Å²) in [5.41, 5.74) is 3.69. The average Bonchev–Trinajstić information content (AvgIpc) is 3.53. The summed E-state index contributed by atoms with van der Waals surface area (Å²) < 4.78 is 39.8. The number of hydrogen-bond acceptors (Lipinski definition) is 7. The second kappa shape index (κ2) is 23.9. The number of esters is 1. The van der Waals surface area contributed by atoms with Gasteiger partial charge >= 0.3 is 5.97 Å². The van der Waals surface area contributed by atoms with Crippen LogP contribution in [0.2, 0.25) is 48.9 Å². The van der Waals surface area contributed by atoms with E-state index >= 15 is 0 Å². The second-order valence-electron chi connectivity index (χ2n) is 22.7. The van der Waals surface area contributed by atoms with Crippen LogP contribution in [0.15, 0.2) is 91.0 Å². The minimum atomic E-state index is -2.78. The van der Waals surface area contributed by atoms with Crippen molar-refractivity contribution in [2.45, 2.75) is 181 Å². The molecule has 0 radical (unpaired) electrons. The number of ether oxygens (including phenoxy) is 3. The molecule has 7 nitrogen and oxygen atoms in total. The van der Waals surface area contributed by atoms with E-state index in [2.05, 4.69) is 185 Å². The lowest BCUT2D eigenvalue weighted by Gasteiger charge is -2.45. The highest BCUT2D eigenvalue weighted by Crippen LogP contribution is 2.42. The molecule has 1 heterocycles. The standard InChI is InChI=1S/C55H87O7PSi3/c1-41(43(3)61-66(54(7,8)9,46-29-20-18-21-30-46)47-31-22-19-23-32-47)34-35-49(62-65(16,17)53(4,5)6)51-48(59-55(10,11)60-51)33-26-28-45-40-44(27-24-25-37-63-57-12)39-42(2)50(45)52(56)58-36-38-64(13,14)15/h18-23,26,28-32,34-35,39-41,43,48-49,51,63H,24-25,27,33,36-38H2,1-17H3/b28-26+,35-34-/t41-,43+,48+,49?,51+/m1/s1. The predicted octanol–water partition coefficient (Wildman–Crippen LogP) is 13.5. The Morgan fingerprint density at radius 3 is 1.98 bits per heavy atom. The molecular weight excluding hydrogens is 888 g/mol. The Hall–Kier alpha value is -2.51. The highest BCUT2D eigenvalue weighted by atomic mass is 31.1. The molecule has 3 aromatic rings. The lowest BCUT2D eigenvalue weighted by Crippen LogP contribution is -2.67. The van der Waals surface area contributed by atoms with Gasteiger partial charge < -0.3 is 27.6 Å². The lowest BCUT2D eigenvalue weighted by molar-refractivity contribution is -0.151. The third-order valence-electron chi connectivity index (χ3n) is 13.4. The van der Waals surface area contributed by atoms with Gasteiger partial charge in [-0.3, -0.25) is 0 Å². The van der Waals surface area contributed by atoms with Gasteiger partial charge in [-0.05, 0) is 122 Å². The van der Waals surface area contributed by atoms with Crippen LogP contribution in [0.1, 0.15) is 116 Å². The highest BCUT2D eigenvalue weighted by molar-refractivity contribution is 7.32. The van der Waals surface area contributed by atoms with Gasteiger partial charge in [-0.1, -0.05) is 165 Å². The van der Waals surface area contributed by atoms with E-state index in [0.717, 1.165) is 42.6 Å². The zero-order valence-electron chi connectivity index (χ0n) is 43.9. The Balaban J connectivity index is 1.69. The Labute approximate surface area is 406 Å². The van der Waals surface area contributed by atoms with Crippen LogP contribution in [0.3, 0.4) is 0 Å². The monoisotopic (exact) mass is 975 g/mol. The normalized spacial score (nSPS) is 19.0. The molecule has 366 valence electrons. The number of rotatable bonds is 23. The van der Waals surface area contributed by atoms with Crippen LogP contribution < -0.4 is 10.4 Å². The fraction of sp³-hybridized carbons (Fsp3) is 0.582. The molecule has 6 atom stereocenters. The van der Waals surface area contributed by atoms with Crippen molar-refractivity contribution in [2.75, 3.05) is 19.9 Å². The molecule has 0 aromatic heterocycles. The minimum absolute atomic E-state index is 0.0259. The Morgan fingerprint density at radius 1 is 0.833 bits per heavy atom. The summed E-state index contributed by atoms with van der Waals surface area (Å²) in [6, 6.07) is 27.0. The van der Waals surface area contributed by atoms with Gasteiger partial charge in [-0.2, -0.15) is 0 Å². The predicted molar refractivity (Wildman–Crippen MR) is 289 cm³/mol. The molecule has 2 unspecified atom stereocenters. The number of benzene rings is 3. The van der Waals surface area contributed by atoms with Crippen molar-refractivity contribution < 1.29 is 32.4 Å². The highest BCUT2D eigenvalue weighted by Gasteiger charge is 2.52. The molecule has 66 heavy (non-hydrogen) atoms. The summed E-state index contributed by atoms with van der Waals surface area (Å²) in [6.45, 7) is 36.3. The zero-order chi connectivity index (χ0) is 49.1. The van der Waals surface area contributed by atoms with Crippen LogP contribution in [-0.2, 0) is 34.0 Å². The van der Waals surface area contributed by atoms with Crippen LogP contribution in [0.4, 0.5) is 0 Å². The Morgan fingerprint density at radius 2 is 1.44 bits per heavy atom. The summed E-state index contributed by atoms with van der Waals surface area (Å²) in [5.74, 6) is -1.01. The van der Waals surface area contributed by atoms with Gasteiger partial charge in [0, 0.05) is 30.1 Å². The average molecular weight is 976 g/mol. The third kappa shape index (κ3) is 15.5. The molecule has 1 aliphatic heterocycles. The molecule has 0 spiro atoms. The summed E-state index contributed by atoms with van der Waals surface area (Å²) in [4.78, 5) is 13.8. The fourth-order valence-corrected chi connectivity index (χ4v) is 15.8. The van der Waals surface area contributed by atoms with Crippen LogP contribution in [0.25, 0.3) is 6.08 Å². The van der Waals surface area contributed by atoms with Crippen LogP contribution >= 0.6 is 8.81 Å². The first-order chi connectivity index (χ1) is 30.7. The SMILES string of the molecule is COPCCCCc1cc(C)c(C(=O)OCC[Si](C)(C)C)c(/C=C/C[C@@H]2OC(C)(C)O[C@@H]2C(/C=C\[C@@H](C)[C@H](C)O[Si](c2ccccc2)(c2ccccc2)C(C)(C)C)O[Si](C)(C)C(C)(C)C)c1. The van der Waals surface area contributed by atoms with Crippen molar-refractivity contribution >= 4 is 55.9 Å². The number of carbonyl (C=O) groups is 1. The fourth-order valence-electron chi connectivity index (χ4n) is 8.50. The second-order valence-corrected chi connectivity index (χ2v) is 38.6. The molecule has 3 aromatic carbocycles. The van der Waals surface area contributed by atoms with Gasteiger partial charge in [0.05, 0.1) is 24.4 Å². The largest absolute Gasteiger partial charge is 0.462 e. The van der Waals surface area contributed by atoms with E-state index in [9.17, 15) is 4.79 Å². The van der Waals surface area contributed by atoms with Crippen molar-refractivity contribution in [1.82, 2.24) is 0 Å². The van der Waals surface area contributed by atoms with Gasteiger partial charge in [0.25, 0.3) is 8.32 Å². The maximum absolute atomic E-state index is 13.8. The van der Waals surface area contributed by atoms with Crippen molar-refractivity contribution in [2.24, 2.45) is 5.92 Å². The number of hydrogen-bond donors (Lipinski definition) is 0. The number of unbranched alkanes of at least 4 members (excludes halogenated alkanes) is 1. The van der Waals surface area contributed by atoms with Crippen molar-refractivity contribution in [3.63, 3.8) is 0 Å². The quantitative estimate of drug-likeness (QED) is 0.0308. The Kier molecular flexibility index (Phi) is 20.3. The van der Waals surface area contributed by atoms with Gasteiger partial charge in [0.1, 0.15) is 6.10 Å². The number of carbonyl (C=O) groups excluding carboxylic acids is 1. The maximum atomic E-state index is 13.8. The van der Waals surface area contributed by atoms with Gasteiger partial charge in [0.15, 0.2) is 14.1 Å². The van der Waals surface area contributed by atoms with E-state index in [-0.39, 0.29) is 46.4 Å². The topological polar surface area (TPSA) is 72.5 Å². The first kappa shape index (κ1) is 56.1. The molecule has 1 saturated heterocycles. The summed E-state index contributed by atoms with van der Waals surface area (Å²) in [5, 5.41) is 2.38. The minimum Gasteiger partial charge on any atom is -0.462 e. The van der Waals surface area contributed by atoms with Gasteiger partial charge in [-0.15, -0.1) is 0 Å². The Bertz CT molecular complexity index is 1990. The van der Waals surface area contributed by atoms with Crippen molar-refractivity contribution in [3.05, 3.63) is 113 Å². The summed E-state index contributed by atoms with van der Waals surface area (Å²) in [7, 11) is -4.17. The zero-order valence-corrected chi connectivity index (χ0v) is 47.9. The van der Waals surface area contributed by atoms with E-state index in [1.54, 1.807) is 7.11 Å². The molecule has 0 amide bonds. The van der Waals surface area contributed by atoms with E-state index < -0.39 is 30.5 Å². The molecule has 11 heteroatoms. The first-order valence-corrected chi connectivity index (χ1v) is 34.1. The molecule has 0 N–H and O–H groups in total. The summed E-state index contributed by atoms with van der Waals surface area (Å²) >= 11 is 0. The number of aryl methyl sites for hydroxylation is 2. The molecular formula is C55H87O7PSi3. The van der Waals surface area contributed by atoms with Gasteiger partial charge in [-0.25, -0.2) is 4.79 Å².